The van der Waals surface area contributed by atoms with E-state index in [9.17, 15) is 13.2 Å². The molecule has 0 heterocycles. The summed E-state index contributed by atoms with van der Waals surface area (Å²) >= 11 is 0. The lowest BCUT2D eigenvalue weighted by Crippen LogP contribution is -2.12. The average Bonchev–Trinajstić information content (AvgIpc) is 2.29. The molecule has 0 aliphatic heterocycles. The fourth-order valence-electron chi connectivity index (χ4n) is 1.64. The molecule has 0 saturated heterocycles. The Kier molecular flexibility index (Phi) is 4.84. The predicted molar refractivity (Wildman–Crippen MR) is 66.1 cm³/mol. The summed E-state index contributed by atoms with van der Waals surface area (Å²) in [7, 11) is -3.66. The first-order valence-electron chi connectivity index (χ1n) is 5.57. The summed E-state index contributed by atoms with van der Waals surface area (Å²) in [6.45, 7) is 2.06. The summed E-state index contributed by atoms with van der Waals surface area (Å²) in [6, 6.07) is 6.17. The van der Waals surface area contributed by atoms with Gasteiger partial charge in [0, 0.05) is 5.92 Å². The summed E-state index contributed by atoms with van der Waals surface area (Å²) in [5.41, 5.74) is 0.834. The van der Waals surface area contributed by atoms with Crippen LogP contribution in [0.5, 0.6) is 0 Å². The highest BCUT2D eigenvalue weighted by atomic mass is 32.2. The van der Waals surface area contributed by atoms with E-state index in [1.54, 1.807) is 12.1 Å². The molecule has 17 heavy (non-hydrogen) atoms. The highest BCUT2D eigenvalue weighted by Gasteiger charge is 2.12. The molecule has 0 aromatic heterocycles. The van der Waals surface area contributed by atoms with Crippen LogP contribution in [0.1, 0.15) is 37.7 Å². The number of nitrogens with two attached hydrogens (primary N) is 1. The van der Waals surface area contributed by atoms with Crippen molar-refractivity contribution in [2.75, 3.05) is 0 Å². The second kappa shape index (κ2) is 5.93. The average molecular weight is 255 g/mol. The fraction of sp³-hybridized carbons (Fsp3) is 0.417. The van der Waals surface area contributed by atoms with Crippen LogP contribution in [0.15, 0.2) is 29.2 Å². The Morgan fingerprint density at radius 1 is 1.29 bits per heavy atom. The van der Waals surface area contributed by atoms with E-state index in [1.165, 1.54) is 12.1 Å². The van der Waals surface area contributed by atoms with Gasteiger partial charge in [-0.1, -0.05) is 31.9 Å². The molecule has 0 aliphatic carbocycles. The zero-order valence-corrected chi connectivity index (χ0v) is 10.6. The lowest BCUT2D eigenvalue weighted by atomic mass is 9.95. The number of rotatable bonds is 6. The molecule has 0 saturated carbocycles. The van der Waals surface area contributed by atoms with Crippen molar-refractivity contribution in [2.24, 2.45) is 5.14 Å². The lowest BCUT2D eigenvalue weighted by molar-refractivity contribution is -0.109. The minimum atomic E-state index is -3.66. The van der Waals surface area contributed by atoms with Crippen molar-refractivity contribution in [1.82, 2.24) is 0 Å². The van der Waals surface area contributed by atoms with E-state index in [1.807, 2.05) is 0 Å². The summed E-state index contributed by atoms with van der Waals surface area (Å²) in [4.78, 5) is 11.0. The van der Waals surface area contributed by atoms with E-state index in [2.05, 4.69) is 6.92 Å². The minimum absolute atomic E-state index is 0.0707. The topological polar surface area (TPSA) is 77.2 Å². The zero-order chi connectivity index (χ0) is 12.9. The van der Waals surface area contributed by atoms with E-state index in [4.69, 9.17) is 5.14 Å². The van der Waals surface area contributed by atoms with Crippen LogP contribution in [0.4, 0.5) is 0 Å². The Bertz CT molecular complexity index is 465. The number of unbranched alkanes of at least 4 members (excludes halogenated alkanes) is 1. The normalized spacial score (nSPS) is 13.3. The van der Waals surface area contributed by atoms with E-state index >= 15 is 0 Å². The van der Waals surface area contributed by atoms with E-state index in [-0.39, 0.29) is 10.8 Å². The van der Waals surface area contributed by atoms with Crippen LogP contribution < -0.4 is 5.14 Å². The highest BCUT2D eigenvalue weighted by molar-refractivity contribution is 7.89. The third-order valence-electron chi connectivity index (χ3n) is 2.67. The molecule has 4 nitrogen and oxygen atoms in total. The van der Waals surface area contributed by atoms with Gasteiger partial charge in [0.05, 0.1) is 4.90 Å². The quantitative estimate of drug-likeness (QED) is 0.787. The van der Waals surface area contributed by atoms with Crippen LogP contribution in [-0.2, 0) is 14.8 Å². The summed E-state index contributed by atoms with van der Waals surface area (Å²) < 4.78 is 22.1. The van der Waals surface area contributed by atoms with Gasteiger partial charge < -0.3 is 4.79 Å². The smallest absolute Gasteiger partial charge is 0.238 e. The molecule has 1 aromatic carbocycles. The van der Waals surface area contributed by atoms with Gasteiger partial charge in [0.2, 0.25) is 10.0 Å². The van der Waals surface area contributed by atoms with Crippen molar-refractivity contribution in [2.45, 2.75) is 37.0 Å². The van der Waals surface area contributed by atoms with Crippen molar-refractivity contribution in [3.8, 4) is 0 Å². The lowest BCUT2D eigenvalue weighted by Gasteiger charge is -2.10. The van der Waals surface area contributed by atoms with Gasteiger partial charge in [0.1, 0.15) is 6.29 Å². The second-order valence-corrected chi connectivity index (χ2v) is 5.56. The first-order chi connectivity index (χ1) is 7.99. The largest absolute Gasteiger partial charge is 0.303 e. The predicted octanol–water partition coefficient (Wildman–Crippen LogP) is 1.81. The first kappa shape index (κ1) is 13.9. The molecule has 0 spiro atoms. The van der Waals surface area contributed by atoms with Crippen LogP contribution in [0.25, 0.3) is 0 Å². The highest BCUT2D eigenvalue weighted by Crippen LogP contribution is 2.21. The van der Waals surface area contributed by atoms with Crippen molar-refractivity contribution in [3.05, 3.63) is 29.8 Å². The third-order valence-corrected chi connectivity index (χ3v) is 3.60. The first-order valence-corrected chi connectivity index (χ1v) is 7.11. The maximum absolute atomic E-state index is 11.1. The summed E-state index contributed by atoms with van der Waals surface area (Å²) in [5, 5.41) is 5.00. The van der Waals surface area contributed by atoms with Crippen molar-refractivity contribution in [3.63, 3.8) is 0 Å². The van der Waals surface area contributed by atoms with Gasteiger partial charge in [-0.25, -0.2) is 13.6 Å². The molecule has 5 heteroatoms. The number of hydrogen-bond acceptors (Lipinski definition) is 3. The number of carbonyl (C=O) groups excluding carboxylic acids is 1. The Morgan fingerprint density at radius 2 is 1.88 bits per heavy atom. The van der Waals surface area contributed by atoms with E-state index in [0.717, 1.165) is 31.1 Å². The monoisotopic (exact) mass is 255 g/mol. The van der Waals surface area contributed by atoms with Crippen molar-refractivity contribution in [1.29, 1.82) is 0 Å². The molecule has 0 radical (unpaired) electrons. The minimum Gasteiger partial charge on any atom is -0.303 e. The van der Waals surface area contributed by atoms with Gasteiger partial charge >= 0.3 is 0 Å². The molecule has 0 fully saturated rings. The molecule has 1 unspecified atom stereocenters. The van der Waals surface area contributed by atoms with Crippen LogP contribution in [-0.4, -0.2) is 14.7 Å². The number of primary sulfonamides is 1. The molecular formula is C12H17NO3S. The van der Waals surface area contributed by atoms with E-state index < -0.39 is 10.0 Å². The molecule has 1 aromatic rings. The molecule has 2 N–H and O–H groups in total. The Balaban J connectivity index is 2.89. The van der Waals surface area contributed by atoms with Gasteiger partial charge in [-0.15, -0.1) is 0 Å². The van der Waals surface area contributed by atoms with Gasteiger partial charge in [0.25, 0.3) is 0 Å². The van der Waals surface area contributed by atoms with Gasteiger partial charge in [-0.05, 0) is 24.1 Å². The number of hydrogen-bond donors (Lipinski definition) is 1. The van der Waals surface area contributed by atoms with Gasteiger partial charge in [-0.2, -0.15) is 0 Å². The fourth-order valence-corrected chi connectivity index (χ4v) is 2.16. The van der Waals surface area contributed by atoms with Gasteiger partial charge in [-0.3, -0.25) is 0 Å². The van der Waals surface area contributed by atoms with Crippen LogP contribution in [0, 0.1) is 0 Å². The number of sulfonamides is 1. The second-order valence-electron chi connectivity index (χ2n) is 4.00. The molecule has 0 amide bonds. The Morgan fingerprint density at radius 3 is 2.29 bits per heavy atom. The van der Waals surface area contributed by atoms with Gasteiger partial charge in [0.15, 0.2) is 0 Å². The Hall–Kier alpha value is -1.20. The summed E-state index contributed by atoms with van der Waals surface area (Å²) in [5.74, 6) is -0.163. The number of benzene rings is 1. The molecule has 1 atom stereocenters. The molecule has 1 rings (SSSR count). The summed E-state index contributed by atoms with van der Waals surface area (Å²) in [6.07, 6.45) is 3.69. The maximum Gasteiger partial charge on any atom is 0.238 e. The molecule has 0 aliphatic rings. The van der Waals surface area contributed by atoms with Crippen molar-refractivity contribution < 1.29 is 13.2 Å². The molecular weight excluding hydrogens is 238 g/mol. The molecule has 94 valence electrons. The van der Waals surface area contributed by atoms with Crippen LogP contribution in [0.3, 0.4) is 0 Å². The molecule has 0 bridgehead atoms. The van der Waals surface area contributed by atoms with Crippen LogP contribution >= 0.6 is 0 Å². The standard InChI is InChI=1S/C12H17NO3S/c1-2-3-4-11(9-14)10-5-7-12(8-6-10)17(13,15)16/h5-9,11H,2-4H2,1H3,(H2,13,15,16). The SMILES string of the molecule is CCCCC(C=O)c1ccc(S(N)(=O)=O)cc1. The Labute approximate surface area is 102 Å². The number of carbonyl (C=O) groups is 1. The zero-order valence-electron chi connectivity index (χ0n) is 9.80. The van der Waals surface area contributed by atoms with Crippen molar-refractivity contribution >= 4 is 16.3 Å². The number of aldehydes is 1. The van der Waals surface area contributed by atoms with E-state index in [0.29, 0.717) is 0 Å². The third kappa shape index (κ3) is 3.94. The van der Waals surface area contributed by atoms with Crippen LogP contribution in [0.2, 0.25) is 0 Å². The maximum atomic E-state index is 11.1.